The van der Waals surface area contributed by atoms with E-state index < -0.39 is 5.60 Å². The van der Waals surface area contributed by atoms with Crippen LogP contribution in [0.1, 0.15) is 44.7 Å². The number of hydrogen-bond donors (Lipinski definition) is 3. The van der Waals surface area contributed by atoms with Crippen LogP contribution in [-0.2, 0) is 13.1 Å². The van der Waals surface area contributed by atoms with Gasteiger partial charge >= 0.3 is 0 Å². The Morgan fingerprint density at radius 1 is 1.12 bits per heavy atom. The molecular weight excluding hydrogens is 326 g/mol. The van der Waals surface area contributed by atoms with Crippen LogP contribution in [-0.4, -0.2) is 39.5 Å². The Bertz CT molecular complexity index is 677. The van der Waals surface area contributed by atoms with Crippen LogP contribution >= 0.6 is 0 Å². The first-order chi connectivity index (χ1) is 12.6. The van der Waals surface area contributed by atoms with E-state index in [9.17, 15) is 5.11 Å². The van der Waals surface area contributed by atoms with Crippen LogP contribution in [0.5, 0.6) is 0 Å². The highest BCUT2D eigenvalue weighted by Gasteiger charge is 2.22. The van der Waals surface area contributed by atoms with E-state index in [1.165, 1.54) is 11.1 Å². The summed E-state index contributed by atoms with van der Waals surface area (Å²) in [7, 11) is 0. The molecule has 2 aromatic rings. The molecule has 0 atom stereocenters. The zero-order chi connectivity index (χ0) is 18.8. The molecule has 0 bridgehead atoms. The van der Waals surface area contributed by atoms with Gasteiger partial charge in [0, 0.05) is 25.5 Å². The molecule has 1 aromatic heterocycles. The minimum atomic E-state index is -0.700. The number of aromatic nitrogens is 2. The number of hydrogen-bond acceptors (Lipinski definition) is 3. The Morgan fingerprint density at radius 3 is 2.46 bits per heavy atom. The summed E-state index contributed by atoms with van der Waals surface area (Å²) in [6, 6.07) is 10.2. The average molecular weight is 358 g/mol. The topological polar surface area (TPSA) is 74.5 Å². The minimum Gasteiger partial charge on any atom is -0.388 e. The van der Waals surface area contributed by atoms with Crippen molar-refractivity contribution in [3.63, 3.8) is 0 Å². The van der Waals surface area contributed by atoms with E-state index in [0.29, 0.717) is 25.9 Å². The lowest BCUT2D eigenvalue weighted by Crippen LogP contribution is -2.46. The van der Waals surface area contributed by atoms with Crippen molar-refractivity contribution in [1.29, 1.82) is 0 Å². The predicted octanol–water partition coefficient (Wildman–Crippen LogP) is 2.54. The summed E-state index contributed by atoms with van der Waals surface area (Å²) in [6.07, 6.45) is 5.17. The molecule has 0 saturated heterocycles. The monoisotopic (exact) mass is 357 g/mol. The molecule has 0 amide bonds. The average Bonchev–Trinajstić information content (AvgIpc) is 3.18. The van der Waals surface area contributed by atoms with Gasteiger partial charge in [0.1, 0.15) is 0 Å². The summed E-state index contributed by atoms with van der Waals surface area (Å²) < 4.78 is 1.91. The van der Waals surface area contributed by atoms with Gasteiger partial charge in [0.25, 0.3) is 0 Å². The van der Waals surface area contributed by atoms with Crippen molar-refractivity contribution in [2.24, 2.45) is 4.99 Å². The fourth-order valence-corrected chi connectivity index (χ4v) is 2.69. The fraction of sp³-hybridized carbons (Fsp3) is 0.500. The Morgan fingerprint density at radius 2 is 1.85 bits per heavy atom. The van der Waals surface area contributed by atoms with Gasteiger partial charge in [-0.2, -0.15) is 5.10 Å². The maximum atomic E-state index is 10.5. The van der Waals surface area contributed by atoms with Crippen molar-refractivity contribution in [3.8, 4) is 0 Å². The number of guanidine groups is 1. The molecule has 1 heterocycles. The highest BCUT2D eigenvalue weighted by molar-refractivity contribution is 5.79. The summed E-state index contributed by atoms with van der Waals surface area (Å²) in [6.45, 7) is 8.60. The number of rotatable bonds is 9. The SMILES string of the molecule is CCNC(=NCc1ccccc1Cn1cccn1)NCC(O)(CC)CC. The van der Waals surface area contributed by atoms with Crippen LogP contribution in [0.15, 0.2) is 47.7 Å². The Hall–Kier alpha value is -2.34. The van der Waals surface area contributed by atoms with Crippen LogP contribution in [0, 0.1) is 0 Å². The molecule has 0 radical (unpaired) electrons. The lowest BCUT2D eigenvalue weighted by Gasteiger charge is -2.26. The summed E-state index contributed by atoms with van der Waals surface area (Å²) >= 11 is 0. The third kappa shape index (κ3) is 5.88. The number of aliphatic imine (C=N–C) groups is 1. The molecule has 142 valence electrons. The molecular formula is C20H31N5O. The van der Waals surface area contributed by atoms with Crippen molar-refractivity contribution in [2.45, 2.75) is 52.3 Å². The van der Waals surface area contributed by atoms with Crippen molar-refractivity contribution >= 4 is 5.96 Å². The molecule has 6 heteroatoms. The summed E-state index contributed by atoms with van der Waals surface area (Å²) in [4.78, 5) is 4.70. The molecule has 0 aliphatic heterocycles. The number of nitrogens with one attached hydrogen (secondary N) is 2. The summed E-state index contributed by atoms with van der Waals surface area (Å²) in [5.41, 5.74) is 1.67. The van der Waals surface area contributed by atoms with Crippen LogP contribution < -0.4 is 10.6 Å². The molecule has 2 rings (SSSR count). The van der Waals surface area contributed by atoms with Gasteiger partial charge < -0.3 is 15.7 Å². The van der Waals surface area contributed by atoms with E-state index in [0.717, 1.165) is 19.0 Å². The second-order valence-electron chi connectivity index (χ2n) is 6.45. The molecule has 1 aromatic carbocycles. The lowest BCUT2D eigenvalue weighted by atomic mass is 9.98. The van der Waals surface area contributed by atoms with E-state index in [2.05, 4.69) is 27.9 Å². The van der Waals surface area contributed by atoms with Crippen LogP contribution in [0.25, 0.3) is 0 Å². The molecule has 0 saturated carbocycles. The van der Waals surface area contributed by atoms with E-state index in [4.69, 9.17) is 4.99 Å². The highest BCUT2D eigenvalue weighted by atomic mass is 16.3. The first-order valence-corrected chi connectivity index (χ1v) is 9.39. The molecule has 0 aliphatic carbocycles. The van der Waals surface area contributed by atoms with E-state index in [1.807, 2.05) is 49.8 Å². The zero-order valence-corrected chi connectivity index (χ0v) is 16.1. The summed E-state index contributed by atoms with van der Waals surface area (Å²) in [5.74, 6) is 0.724. The van der Waals surface area contributed by atoms with Crippen molar-refractivity contribution in [3.05, 3.63) is 53.9 Å². The normalized spacial score (nSPS) is 12.2. The van der Waals surface area contributed by atoms with Crippen molar-refractivity contribution < 1.29 is 5.11 Å². The van der Waals surface area contributed by atoms with E-state index in [1.54, 1.807) is 6.20 Å². The van der Waals surface area contributed by atoms with Gasteiger partial charge in [-0.1, -0.05) is 38.1 Å². The van der Waals surface area contributed by atoms with Crippen LogP contribution in [0.3, 0.4) is 0 Å². The third-order valence-corrected chi connectivity index (χ3v) is 4.66. The van der Waals surface area contributed by atoms with Gasteiger partial charge in [-0.05, 0) is 37.0 Å². The maximum absolute atomic E-state index is 10.5. The maximum Gasteiger partial charge on any atom is 0.191 e. The molecule has 3 N–H and O–H groups in total. The standard InChI is InChI=1S/C20H31N5O/c1-4-20(26,5-2)16-23-19(21-6-3)22-14-17-10-7-8-11-18(17)15-25-13-9-12-24-25/h7-13,26H,4-6,14-16H2,1-3H3,(H2,21,22,23). The minimum absolute atomic E-state index is 0.487. The van der Waals surface area contributed by atoms with E-state index in [-0.39, 0.29) is 0 Å². The molecule has 6 nitrogen and oxygen atoms in total. The second kappa shape index (κ2) is 9.97. The predicted molar refractivity (Wildman–Crippen MR) is 106 cm³/mol. The van der Waals surface area contributed by atoms with Crippen LogP contribution in [0.4, 0.5) is 0 Å². The molecule has 0 aliphatic rings. The molecule has 26 heavy (non-hydrogen) atoms. The van der Waals surface area contributed by atoms with Crippen molar-refractivity contribution in [2.75, 3.05) is 13.1 Å². The first-order valence-electron chi connectivity index (χ1n) is 9.39. The van der Waals surface area contributed by atoms with Crippen LogP contribution in [0.2, 0.25) is 0 Å². The molecule has 0 spiro atoms. The number of benzene rings is 1. The smallest absolute Gasteiger partial charge is 0.191 e. The van der Waals surface area contributed by atoms with Gasteiger partial charge in [0.05, 0.1) is 18.7 Å². The Kier molecular flexibility index (Phi) is 7.66. The number of nitrogens with zero attached hydrogens (tertiary/aromatic N) is 3. The zero-order valence-electron chi connectivity index (χ0n) is 16.1. The highest BCUT2D eigenvalue weighted by Crippen LogP contribution is 2.13. The van der Waals surface area contributed by atoms with Gasteiger partial charge in [-0.25, -0.2) is 4.99 Å². The summed E-state index contributed by atoms with van der Waals surface area (Å²) in [5, 5.41) is 21.3. The largest absolute Gasteiger partial charge is 0.388 e. The Balaban J connectivity index is 2.07. The van der Waals surface area contributed by atoms with Gasteiger partial charge in [0.2, 0.25) is 0 Å². The lowest BCUT2D eigenvalue weighted by molar-refractivity contribution is 0.0367. The first kappa shape index (κ1) is 20.0. The quantitative estimate of drug-likeness (QED) is 0.476. The third-order valence-electron chi connectivity index (χ3n) is 4.66. The second-order valence-corrected chi connectivity index (χ2v) is 6.45. The van der Waals surface area contributed by atoms with E-state index >= 15 is 0 Å². The number of aliphatic hydroxyl groups is 1. The molecule has 0 fully saturated rings. The molecule has 0 unspecified atom stereocenters. The fourth-order valence-electron chi connectivity index (χ4n) is 2.69. The Labute approximate surface area is 156 Å². The van der Waals surface area contributed by atoms with Gasteiger partial charge in [-0.15, -0.1) is 0 Å². The van der Waals surface area contributed by atoms with Crippen molar-refractivity contribution in [1.82, 2.24) is 20.4 Å². The van der Waals surface area contributed by atoms with Gasteiger partial charge in [0.15, 0.2) is 5.96 Å². The van der Waals surface area contributed by atoms with Gasteiger partial charge in [-0.3, -0.25) is 4.68 Å².